The Balaban J connectivity index is 1.56. The molecule has 0 fully saturated rings. The summed E-state index contributed by atoms with van der Waals surface area (Å²) in [6.45, 7) is 12.1. The summed E-state index contributed by atoms with van der Waals surface area (Å²) in [6, 6.07) is 18.2. The van der Waals surface area contributed by atoms with Crippen LogP contribution in [-0.2, 0) is 25.8 Å². The zero-order valence-corrected chi connectivity index (χ0v) is 31.5. The van der Waals surface area contributed by atoms with Gasteiger partial charge in [-0.2, -0.15) is 0 Å². The Morgan fingerprint density at radius 2 is 0.875 bits per heavy atom. The van der Waals surface area contributed by atoms with Gasteiger partial charge in [-0.25, -0.2) is 0 Å². The third-order valence-corrected chi connectivity index (χ3v) is 10.5. The van der Waals surface area contributed by atoms with E-state index in [4.69, 9.17) is 0 Å². The van der Waals surface area contributed by atoms with Crippen molar-refractivity contribution >= 4 is 21.8 Å². The third-order valence-electron chi connectivity index (χ3n) is 10.5. The second-order valence-corrected chi connectivity index (χ2v) is 15.0. The van der Waals surface area contributed by atoms with Crippen molar-refractivity contribution in [2.75, 3.05) is 0 Å². The topological polar surface area (TPSA) is 22.0 Å². The summed E-state index contributed by atoms with van der Waals surface area (Å²) in [7, 11) is 0. The molecule has 2 heteroatoms. The van der Waals surface area contributed by atoms with E-state index < -0.39 is 0 Å². The monoisotopic (exact) mass is 650 g/mol. The maximum Gasteiger partial charge on any atom is 0.197 e. The van der Waals surface area contributed by atoms with Crippen molar-refractivity contribution in [2.24, 2.45) is 0 Å². The fraction of sp³-hybridized carbons (Fsp3) is 0.587. The molecule has 0 aliphatic heterocycles. The van der Waals surface area contributed by atoms with Crippen LogP contribution in [-0.4, -0.2) is 4.57 Å². The number of hydrogen-bond donors (Lipinski definition) is 0. The molecule has 0 bridgehead atoms. The first kappa shape index (κ1) is 37.9. The average molecular weight is 650 g/mol. The van der Waals surface area contributed by atoms with E-state index in [-0.39, 0.29) is 5.43 Å². The van der Waals surface area contributed by atoms with Crippen molar-refractivity contribution in [1.29, 1.82) is 0 Å². The molecule has 0 saturated carbocycles. The van der Waals surface area contributed by atoms with E-state index in [1.165, 1.54) is 166 Å². The van der Waals surface area contributed by atoms with Crippen LogP contribution in [0.3, 0.4) is 0 Å². The molecule has 2 nitrogen and oxygen atoms in total. The Kier molecular flexibility index (Phi) is 16.3. The average Bonchev–Trinajstić information content (AvgIpc) is 3.07. The van der Waals surface area contributed by atoms with E-state index in [0.29, 0.717) is 0 Å². The molecular formula is C46H67NO. The fourth-order valence-electron chi connectivity index (χ4n) is 7.81. The molecule has 1 heterocycles. The lowest BCUT2D eigenvalue weighted by molar-refractivity contribution is 0.561. The van der Waals surface area contributed by atoms with Crippen LogP contribution >= 0.6 is 0 Å². The van der Waals surface area contributed by atoms with Crippen LogP contribution < -0.4 is 5.43 Å². The molecule has 0 unspecified atom stereocenters. The number of nitrogens with zero attached hydrogens (tertiary/aromatic N) is 1. The Labute approximate surface area is 293 Å². The fourth-order valence-corrected chi connectivity index (χ4v) is 7.81. The highest BCUT2D eigenvalue weighted by Crippen LogP contribution is 2.30. The number of hydrogen-bond acceptors (Lipinski definition) is 1. The molecule has 48 heavy (non-hydrogen) atoms. The minimum atomic E-state index is 0.241. The molecule has 0 saturated heterocycles. The molecule has 0 aliphatic carbocycles. The predicted octanol–water partition coefficient (Wildman–Crippen LogP) is 13.5. The lowest BCUT2D eigenvalue weighted by atomic mass is 9.95. The van der Waals surface area contributed by atoms with E-state index in [1.807, 2.05) is 0 Å². The van der Waals surface area contributed by atoms with Gasteiger partial charge in [0.05, 0.1) is 11.0 Å². The minimum absolute atomic E-state index is 0.241. The largest absolute Gasteiger partial charge is 0.340 e. The smallest absolute Gasteiger partial charge is 0.197 e. The number of benzene rings is 3. The van der Waals surface area contributed by atoms with Gasteiger partial charge in [-0.1, -0.05) is 146 Å². The molecule has 0 amide bonds. The summed E-state index contributed by atoms with van der Waals surface area (Å²) in [5.74, 6) is 0. The van der Waals surface area contributed by atoms with Crippen LogP contribution in [0.25, 0.3) is 21.8 Å². The van der Waals surface area contributed by atoms with E-state index in [1.54, 1.807) is 0 Å². The normalized spacial score (nSPS) is 11.7. The summed E-state index contributed by atoms with van der Waals surface area (Å²) in [4.78, 5) is 14.3. The summed E-state index contributed by atoms with van der Waals surface area (Å²) in [5.41, 5.74) is 10.7. The molecule has 0 N–H and O–H groups in total. The van der Waals surface area contributed by atoms with Crippen molar-refractivity contribution in [3.63, 3.8) is 0 Å². The van der Waals surface area contributed by atoms with E-state index >= 15 is 0 Å². The van der Waals surface area contributed by atoms with Gasteiger partial charge in [-0.15, -0.1) is 0 Å². The number of pyridine rings is 1. The van der Waals surface area contributed by atoms with Gasteiger partial charge in [0.1, 0.15) is 0 Å². The third kappa shape index (κ3) is 11.3. The van der Waals surface area contributed by atoms with Crippen molar-refractivity contribution in [3.05, 3.63) is 92.1 Å². The Morgan fingerprint density at radius 1 is 0.458 bits per heavy atom. The standard InChI is InChI=1S/C46H67NO/c1-6-8-10-12-17-21-25-40-32-37(4)34-42-44(40)47(31-23-19-15-14-16-20-24-39-29-27-36(3)28-30-39)45-41(26-22-18-13-11-9-7-2)33-38(5)35-43(45)46(42)48/h27-30,32-35H,6-26,31H2,1-5H3. The van der Waals surface area contributed by atoms with Crippen molar-refractivity contribution in [3.8, 4) is 0 Å². The molecule has 3 aromatic carbocycles. The van der Waals surface area contributed by atoms with Crippen LogP contribution in [0.15, 0.2) is 53.3 Å². The van der Waals surface area contributed by atoms with Crippen LogP contribution in [0, 0.1) is 20.8 Å². The highest BCUT2D eigenvalue weighted by Gasteiger charge is 2.18. The van der Waals surface area contributed by atoms with Gasteiger partial charge in [0.25, 0.3) is 0 Å². The highest BCUT2D eigenvalue weighted by molar-refractivity contribution is 5.97. The lowest BCUT2D eigenvalue weighted by Crippen LogP contribution is -2.16. The van der Waals surface area contributed by atoms with Crippen LogP contribution in [0.1, 0.15) is 163 Å². The molecule has 4 aromatic rings. The minimum Gasteiger partial charge on any atom is -0.340 e. The molecule has 0 spiro atoms. The molecule has 262 valence electrons. The second kappa shape index (κ2) is 20.6. The van der Waals surface area contributed by atoms with E-state index in [9.17, 15) is 4.79 Å². The number of aryl methyl sites for hydroxylation is 7. The van der Waals surface area contributed by atoms with Gasteiger partial charge in [-0.05, 0) is 106 Å². The van der Waals surface area contributed by atoms with Crippen LogP contribution in [0.2, 0.25) is 0 Å². The van der Waals surface area contributed by atoms with Gasteiger partial charge >= 0.3 is 0 Å². The van der Waals surface area contributed by atoms with Gasteiger partial charge in [0.15, 0.2) is 5.43 Å². The first-order valence-electron chi connectivity index (χ1n) is 20.1. The van der Waals surface area contributed by atoms with Gasteiger partial charge in [0.2, 0.25) is 0 Å². The number of unbranched alkanes of at least 4 members (excludes halogenated alkanes) is 15. The van der Waals surface area contributed by atoms with Crippen molar-refractivity contribution < 1.29 is 0 Å². The first-order valence-corrected chi connectivity index (χ1v) is 20.1. The van der Waals surface area contributed by atoms with Crippen molar-refractivity contribution in [2.45, 2.75) is 176 Å². The molecular weight excluding hydrogens is 583 g/mol. The van der Waals surface area contributed by atoms with Crippen LogP contribution in [0.5, 0.6) is 0 Å². The molecule has 0 atom stereocenters. The quantitative estimate of drug-likeness (QED) is 0.0579. The maximum absolute atomic E-state index is 14.3. The van der Waals surface area contributed by atoms with Gasteiger partial charge < -0.3 is 4.57 Å². The summed E-state index contributed by atoms with van der Waals surface area (Å²) in [6.07, 6.45) is 26.5. The maximum atomic E-state index is 14.3. The predicted molar refractivity (Wildman–Crippen MR) is 212 cm³/mol. The highest BCUT2D eigenvalue weighted by atomic mass is 16.1. The van der Waals surface area contributed by atoms with Gasteiger partial charge in [-0.3, -0.25) is 4.79 Å². The SMILES string of the molecule is CCCCCCCCc1cc(C)cc2c(=O)c3cc(C)cc(CCCCCCCC)c3n(CCCCCCCCc3ccc(C)cc3)c12. The molecule has 1 aromatic heterocycles. The van der Waals surface area contributed by atoms with Crippen molar-refractivity contribution in [1.82, 2.24) is 4.57 Å². The molecule has 0 aliphatic rings. The number of fused-ring (bicyclic) bond motifs is 2. The first-order chi connectivity index (χ1) is 23.4. The lowest BCUT2D eigenvalue weighted by Gasteiger charge is -2.22. The summed E-state index contributed by atoms with van der Waals surface area (Å²) < 4.78 is 2.63. The van der Waals surface area contributed by atoms with E-state index in [2.05, 4.69) is 87.7 Å². The van der Waals surface area contributed by atoms with E-state index in [0.717, 1.165) is 30.2 Å². The molecule has 0 radical (unpaired) electrons. The zero-order valence-electron chi connectivity index (χ0n) is 31.5. The Bertz CT molecular complexity index is 1510. The zero-order chi connectivity index (χ0) is 34.1. The summed E-state index contributed by atoms with van der Waals surface area (Å²) >= 11 is 0. The summed E-state index contributed by atoms with van der Waals surface area (Å²) in [5, 5.41) is 1.88. The molecule has 4 rings (SSSR count). The Morgan fingerprint density at radius 3 is 1.35 bits per heavy atom. The Hall–Kier alpha value is -2.87. The second-order valence-electron chi connectivity index (χ2n) is 15.0. The van der Waals surface area contributed by atoms with Crippen LogP contribution in [0.4, 0.5) is 0 Å². The number of rotatable bonds is 23. The number of aromatic nitrogens is 1. The van der Waals surface area contributed by atoms with Gasteiger partial charge in [0, 0.05) is 17.3 Å².